The van der Waals surface area contributed by atoms with Crippen LogP contribution in [-0.2, 0) is 16.6 Å². The van der Waals surface area contributed by atoms with E-state index in [0.29, 0.717) is 12.1 Å². The lowest BCUT2D eigenvalue weighted by Gasteiger charge is -2.11. The maximum Gasteiger partial charge on any atom is 0.238 e. The van der Waals surface area contributed by atoms with E-state index >= 15 is 0 Å². The molecule has 0 spiro atoms. The molecule has 19 heavy (non-hydrogen) atoms. The monoisotopic (exact) mass is 297 g/mol. The number of hydrogen-bond donors (Lipinski definition) is 2. The summed E-state index contributed by atoms with van der Waals surface area (Å²) in [5, 5.41) is 8.40. The van der Waals surface area contributed by atoms with E-state index in [9.17, 15) is 8.42 Å². The minimum absolute atomic E-state index is 0.151. The van der Waals surface area contributed by atoms with Crippen molar-refractivity contribution in [2.24, 2.45) is 5.14 Å². The van der Waals surface area contributed by atoms with Gasteiger partial charge < -0.3 is 5.32 Å². The lowest BCUT2D eigenvalue weighted by atomic mass is 10.2. The molecule has 1 aromatic heterocycles. The zero-order chi connectivity index (χ0) is 14.0. The number of primary sulfonamides is 1. The number of aromatic nitrogens is 1. The van der Waals surface area contributed by atoms with Gasteiger partial charge in [0.25, 0.3) is 0 Å². The number of sulfonamides is 1. The third-order valence-electron chi connectivity index (χ3n) is 2.87. The van der Waals surface area contributed by atoms with Crippen molar-refractivity contribution < 1.29 is 8.42 Å². The Balaban J connectivity index is 2.25. The van der Waals surface area contributed by atoms with E-state index in [2.05, 4.69) is 10.3 Å². The van der Waals surface area contributed by atoms with Crippen molar-refractivity contribution in [3.05, 3.63) is 39.8 Å². The number of benzene rings is 1. The van der Waals surface area contributed by atoms with Crippen LogP contribution in [0.3, 0.4) is 0 Å². The summed E-state index contributed by atoms with van der Waals surface area (Å²) < 4.78 is 22.9. The fourth-order valence-electron chi connectivity index (χ4n) is 1.79. The Kier molecular flexibility index (Phi) is 3.88. The first kappa shape index (κ1) is 14.0. The summed E-state index contributed by atoms with van der Waals surface area (Å²) in [5.74, 6) is 0. The molecule has 7 heteroatoms. The van der Waals surface area contributed by atoms with Gasteiger partial charge in [0.15, 0.2) is 0 Å². The molecule has 3 N–H and O–H groups in total. The van der Waals surface area contributed by atoms with Gasteiger partial charge in [-0.3, -0.25) is 0 Å². The Hall–Kier alpha value is -1.44. The zero-order valence-corrected chi connectivity index (χ0v) is 12.3. The summed E-state index contributed by atoms with van der Waals surface area (Å²) in [4.78, 5) is 5.45. The van der Waals surface area contributed by atoms with Crippen LogP contribution in [0.25, 0.3) is 0 Å². The number of hydrogen-bond acceptors (Lipinski definition) is 5. The zero-order valence-electron chi connectivity index (χ0n) is 10.7. The Labute approximate surface area is 116 Å². The highest BCUT2D eigenvalue weighted by atomic mass is 32.2. The van der Waals surface area contributed by atoms with Gasteiger partial charge in [-0.15, -0.1) is 11.3 Å². The summed E-state index contributed by atoms with van der Waals surface area (Å²) in [6.45, 7) is 4.30. The highest BCUT2D eigenvalue weighted by Crippen LogP contribution is 2.23. The van der Waals surface area contributed by atoms with Crippen molar-refractivity contribution in [1.82, 2.24) is 4.98 Å². The molecular formula is C12H15N3O2S2. The first-order chi connectivity index (χ1) is 8.89. The molecular weight excluding hydrogens is 282 g/mol. The van der Waals surface area contributed by atoms with E-state index in [1.807, 2.05) is 13.0 Å². The smallest absolute Gasteiger partial charge is 0.238 e. The fourth-order valence-corrected chi connectivity index (χ4v) is 3.31. The number of thiazole rings is 1. The van der Waals surface area contributed by atoms with Crippen molar-refractivity contribution in [3.8, 4) is 0 Å². The van der Waals surface area contributed by atoms with E-state index in [1.165, 1.54) is 6.07 Å². The van der Waals surface area contributed by atoms with Crippen molar-refractivity contribution in [2.75, 3.05) is 5.32 Å². The third kappa shape index (κ3) is 3.12. The molecule has 2 rings (SSSR count). The Morgan fingerprint density at radius 3 is 2.68 bits per heavy atom. The largest absolute Gasteiger partial charge is 0.380 e. The van der Waals surface area contributed by atoms with Crippen LogP contribution in [0.1, 0.15) is 16.1 Å². The lowest BCUT2D eigenvalue weighted by molar-refractivity contribution is 0.597. The number of rotatable bonds is 4. The van der Waals surface area contributed by atoms with Crippen LogP contribution in [0.5, 0.6) is 0 Å². The Morgan fingerprint density at radius 2 is 2.11 bits per heavy atom. The highest BCUT2D eigenvalue weighted by Gasteiger charge is 2.13. The predicted octanol–water partition coefficient (Wildman–Crippen LogP) is 2.02. The minimum atomic E-state index is -3.69. The van der Waals surface area contributed by atoms with Crippen LogP contribution in [0.4, 0.5) is 5.69 Å². The van der Waals surface area contributed by atoms with Crippen LogP contribution in [0.2, 0.25) is 0 Å². The molecule has 102 valence electrons. The molecule has 2 aromatic rings. The number of aryl methyl sites for hydroxylation is 1. The van der Waals surface area contributed by atoms with Crippen LogP contribution in [0, 0.1) is 13.8 Å². The average molecular weight is 297 g/mol. The molecule has 0 amide bonds. The second-order valence-electron chi connectivity index (χ2n) is 4.19. The topological polar surface area (TPSA) is 85.1 Å². The second-order valence-corrected chi connectivity index (χ2v) is 6.66. The van der Waals surface area contributed by atoms with Gasteiger partial charge >= 0.3 is 0 Å². The number of nitrogens with zero attached hydrogens (tertiary/aromatic N) is 1. The molecule has 1 aromatic carbocycles. The quantitative estimate of drug-likeness (QED) is 0.904. The van der Waals surface area contributed by atoms with E-state index in [0.717, 1.165) is 16.3 Å². The number of anilines is 1. The maximum absolute atomic E-state index is 11.4. The average Bonchev–Trinajstić information content (AvgIpc) is 2.72. The summed E-state index contributed by atoms with van der Waals surface area (Å²) in [6.07, 6.45) is 0. The first-order valence-electron chi connectivity index (χ1n) is 5.65. The third-order valence-corrected chi connectivity index (χ3v) is 4.87. The highest BCUT2D eigenvalue weighted by molar-refractivity contribution is 7.89. The predicted molar refractivity (Wildman–Crippen MR) is 76.7 cm³/mol. The molecule has 0 bridgehead atoms. The fraction of sp³-hybridized carbons (Fsp3) is 0.250. The van der Waals surface area contributed by atoms with Gasteiger partial charge in [-0.25, -0.2) is 18.5 Å². The van der Waals surface area contributed by atoms with Gasteiger partial charge in [0.05, 0.1) is 22.6 Å². The molecule has 0 unspecified atom stereocenters. The van der Waals surface area contributed by atoms with Crippen LogP contribution in [0.15, 0.2) is 28.6 Å². The molecule has 0 atom stereocenters. The van der Waals surface area contributed by atoms with Crippen molar-refractivity contribution in [1.29, 1.82) is 0 Å². The summed E-state index contributed by atoms with van der Waals surface area (Å²) in [7, 11) is -3.69. The van der Waals surface area contributed by atoms with E-state index < -0.39 is 10.0 Å². The Morgan fingerprint density at radius 1 is 1.37 bits per heavy atom. The number of nitrogens with one attached hydrogen (secondary N) is 1. The van der Waals surface area contributed by atoms with Crippen LogP contribution < -0.4 is 10.5 Å². The van der Waals surface area contributed by atoms with Gasteiger partial charge in [0.1, 0.15) is 0 Å². The molecule has 0 saturated carbocycles. The SMILES string of the molecule is Cc1ncsc1CNc1cccc(S(N)(=O)=O)c1C. The molecule has 0 aliphatic rings. The van der Waals surface area contributed by atoms with Gasteiger partial charge in [0.2, 0.25) is 10.0 Å². The minimum Gasteiger partial charge on any atom is -0.380 e. The summed E-state index contributed by atoms with van der Waals surface area (Å²) in [5.41, 5.74) is 4.17. The van der Waals surface area contributed by atoms with Gasteiger partial charge in [-0.05, 0) is 31.5 Å². The van der Waals surface area contributed by atoms with Gasteiger partial charge in [-0.2, -0.15) is 0 Å². The van der Waals surface area contributed by atoms with Gasteiger partial charge in [0, 0.05) is 10.6 Å². The van der Waals surface area contributed by atoms with Gasteiger partial charge in [-0.1, -0.05) is 6.07 Å². The standard InChI is InChI=1S/C12H15N3O2S2/c1-8-10(4-3-5-12(8)19(13,16)17)14-6-11-9(2)15-7-18-11/h3-5,7,14H,6H2,1-2H3,(H2,13,16,17). The van der Waals surface area contributed by atoms with Crippen molar-refractivity contribution in [3.63, 3.8) is 0 Å². The molecule has 0 aliphatic carbocycles. The normalized spacial score (nSPS) is 11.5. The molecule has 0 radical (unpaired) electrons. The molecule has 5 nitrogen and oxygen atoms in total. The summed E-state index contributed by atoms with van der Waals surface area (Å²) >= 11 is 1.57. The van der Waals surface area contributed by atoms with E-state index in [4.69, 9.17) is 5.14 Å². The van der Waals surface area contributed by atoms with Crippen LogP contribution >= 0.6 is 11.3 Å². The lowest BCUT2D eigenvalue weighted by Crippen LogP contribution is -2.14. The molecule has 0 aliphatic heterocycles. The summed E-state index contributed by atoms with van der Waals surface area (Å²) in [6, 6.07) is 5.02. The van der Waals surface area contributed by atoms with E-state index in [1.54, 1.807) is 29.8 Å². The van der Waals surface area contributed by atoms with Crippen LogP contribution in [-0.4, -0.2) is 13.4 Å². The molecule has 0 fully saturated rings. The molecule has 1 heterocycles. The maximum atomic E-state index is 11.4. The van der Waals surface area contributed by atoms with E-state index in [-0.39, 0.29) is 4.90 Å². The Bertz CT molecular complexity index is 693. The van der Waals surface area contributed by atoms with Crippen molar-refractivity contribution >= 4 is 27.0 Å². The van der Waals surface area contributed by atoms with Crippen molar-refractivity contribution in [2.45, 2.75) is 25.3 Å². The number of nitrogens with two attached hydrogens (primary N) is 1. The second kappa shape index (κ2) is 5.28. The first-order valence-corrected chi connectivity index (χ1v) is 8.07. The molecule has 0 saturated heterocycles.